The molecule has 0 amide bonds. The van der Waals surface area contributed by atoms with Crippen molar-refractivity contribution in [3.8, 4) is 0 Å². The van der Waals surface area contributed by atoms with Crippen LogP contribution in [0.15, 0.2) is 24.3 Å². The summed E-state index contributed by atoms with van der Waals surface area (Å²) in [4.78, 5) is 0. The van der Waals surface area contributed by atoms with Crippen LogP contribution in [0.2, 0.25) is 0 Å². The van der Waals surface area contributed by atoms with E-state index >= 15 is 0 Å². The van der Waals surface area contributed by atoms with Gasteiger partial charge in [0, 0.05) is 6.26 Å². The van der Waals surface area contributed by atoms with Crippen molar-refractivity contribution in [1.29, 1.82) is 0 Å². The minimum atomic E-state index is -3.15. The third-order valence-electron chi connectivity index (χ3n) is 3.02. The van der Waals surface area contributed by atoms with Crippen LogP contribution in [-0.4, -0.2) is 19.8 Å². The van der Waals surface area contributed by atoms with Crippen LogP contribution in [0.3, 0.4) is 0 Å². The lowest BCUT2D eigenvalue weighted by Gasteiger charge is -2.23. The molecule has 0 spiro atoms. The van der Waals surface area contributed by atoms with Gasteiger partial charge in [-0.3, -0.25) is 0 Å². The third-order valence-corrected chi connectivity index (χ3v) is 5.10. The molecule has 0 heterocycles. The molecule has 1 N–H and O–H groups in total. The fourth-order valence-corrected chi connectivity index (χ4v) is 1.94. The quantitative estimate of drug-likeness (QED) is 0.882. The van der Waals surface area contributed by atoms with Crippen molar-refractivity contribution in [3.63, 3.8) is 0 Å². The van der Waals surface area contributed by atoms with Gasteiger partial charge in [0.2, 0.25) is 0 Å². The van der Waals surface area contributed by atoms with E-state index in [9.17, 15) is 13.5 Å². The van der Waals surface area contributed by atoms with Crippen molar-refractivity contribution in [2.75, 3.05) is 6.26 Å². The Morgan fingerprint density at radius 1 is 1.19 bits per heavy atom. The molecule has 16 heavy (non-hydrogen) atoms. The maximum atomic E-state index is 11.6. The Hall–Kier alpha value is -0.870. The Balaban J connectivity index is 3.17. The molecule has 1 aromatic rings. The van der Waals surface area contributed by atoms with Gasteiger partial charge in [0.15, 0.2) is 9.84 Å². The van der Waals surface area contributed by atoms with Crippen molar-refractivity contribution in [2.24, 2.45) is 0 Å². The highest BCUT2D eigenvalue weighted by Crippen LogP contribution is 2.29. The fourth-order valence-electron chi connectivity index (χ4n) is 1.38. The maximum Gasteiger partial charge on any atom is 0.156 e. The second kappa shape index (κ2) is 4.18. The summed E-state index contributed by atoms with van der Waals surface area (Å²) in [6.45, 7) is 5.04. The van der Waals surface area contributed by atoms with Gasteiger partial charge in [0.1, 0.15) is 0 Å². The zero-order valence-electron chi connectivity index (χ0n) is 10.1. The number of benzene rings is 1. The van der Waals surface area contributed by atoms with E-state index in [-0.39, 0.29) is 0 Å². The second-order valence-corrected chi connectivity index (χ2v) is 7.15. The molecule has 0 radical (unpaired) electrons. The lowest BCUT2D eigenvalue weighted by atomic mass is 9.99. The molecule has 4 heteroatoms. The lowest BCUT2D eigenvalue weighted by Crippen LogP contribution is -2.27. The van der Waals surface area contributed by atoms with Crippen molar-refractivity contribution in [3.05, 3.63) is 35.4 Å². The molecule has 0 saturated heterocycles. The summed E-state index contributed by atoms with van der Waals surface area (Å²) >= 11 is 0. The van der Waals surface area contributed by atoms with Gasteiger partial charge in [-0.25, -0.2) is 8.42 Å². The number of aliphatic hydroxyl groups excluding tert-OH is 1. The molecule has 0 fully saturated rings. The molecule has 0 bridgehead atoms. The van der Waals surface area contributed by atoms with Gasteiger partial charge in [-0.2, -0.15) is 0 Å². The molecular weight excluding hydrogens is 224 g/mol. The van der Waals surface area contributed by atoms with Crippen LogP contribution in [0.4, 0.5) is 0 Å². The molecule has 0 saturated carbocycles. The summed E-state index contributed by atoms with van der Waals surface area (Å²) in [6.07, 6.45) is 0.700. The number of sulfone groups is 1. The molecule has 0 aliphatic carbocycles. The van der Waals surface area contributed by atoms with Crippen molar-refractivity contribution < 1.29 is 13.5 Å². The van der Waals surface area contributed by atoms with Gasteiger partial charge in [-0.1, -0.05) is 24.3 Å². The molecule has 3 nitrogen and oxygen atoms in total. The number of hydrogen-bond acceptors (Lipinski definition) is 3. The average Bonchev–Trinajstić information content (AvgIpc) is 2.16. The average molecular weight is 242 g/mol. The smallest absolute Gasteiger partial charge is 0.156 e. The number of rotatable bonds is 3. The molecule has 1 unspecified atom stereocenters. The van der Waals surface area contributed by atoms with Crippen LogP contribution >= 0.6 is 0 Å². The van der Waals surface area contributed by atoms with Gasteiger partial charge in [-0.05, 0) is 31.9 Å². The highest BCUT2D eigenvalue weighted by molar-refractivity contribution is 7.91. The Morgan fingerprint density at radius 3 is 1.94 bits per heavy atom. The predicted molar refractivity (Wildman–Crippen MR) is 64.9 cm³/mol. The zero-order valence-corrected chi connectivity index (χ0v) is 10.9. The van der Waals surface area contributed by atoms with E-state index in [4.69, 9.17) is 0 Å². The van der Waals surface area contributed by atoms with Gasteiger partial charge in [0.05, 0.1) is 10.9 Å². The molecule has 0 aliphatic rings. The summed E-state index contributed by atoms with van der Waals surface area (Å²) in [5.41, 5.74) is 1.52. The highest BCUT2D eigenvalue weighted by Gasteiger charge is 2.31. The van der Waals surface area contributed by atoms with Gasteiger partial charge < -0.3 is 5.11 Å². The van der Waals surface area contributed by atoms with E-state index in [1.165, 1.54) is 6.26 Å². The minimum absolute atomic E-state index is 0.532. The van der Waals surface area contributed by atoms with Crippen LogP contribution in [-0.2, 0) is 14.6 Å². The van der Waals surface area contributed by atoms with Crippen molar-refractivity contribution in [2.45, 2.75) is 31.6 Å². The van der Waals surface area contributed by atoms with Crippen LogP contribution in [0, 0.1) is 0 Å². The monoisotopic (exact) mass is 242 g/mol. The van der Waals surface area contributed by atoms with Gasteiger partial charge in [0.25, 0.3) is 0 Å². The number of hydrogen-bond donors (Lipinski definition) is 1. The first-order valence-corrected chi connectivity index (χ1v) is 7.03. The molecular formula is C12H18O3S. The van der Waals surface area contributed by atoms with E-state index in [1.54, 1.807) is 45.0 Å². The lowest BCUT2D eigenvalue weighted by molar-refractivity contribution is 0.199. The Morgan fingerprint density at radius 2 is 1.62 bits per heavy atom. The van der Waals surface area contributed by atoms with Gasteiger partial charge >= 0.3 is 0 Å². The van der Waals surface area contributed by atoms with Crippen LogP contribution in [0.25, 0.3) is 0 Å². The van der Waals surface area contributed by atoms with Crippen LogP contribution in [0.1, 0.15) is 38.0 Å². The van der Waals surface area contributed by atoms with Gasteiger partial charge in [-0.15, -0.1) is 0 Å². The first-order chi connectivity index (χ1) is 7.16. The molecule has 0 aromatic heterocycles. The highest BCUT2D eigenvalue weighted by atomic mass is 32.2. The first-order valence-electron chi connectivity index (χ1n) is 5.14. The Bertz CT molecular complexity index is 456. The standard InChI is InChI=1S/C12H18O3S/c1-9(13)10-5-7-11(8-6-10)12(2,3)16(4,14)15/h5-9,13H,1-4H3. The zero-order chi connectivity index (χ0) is 12.6. The summed E-state index contributed by atoms with van der Waals surface area (Å²) in [5.74, 6) is 0. The fraction of sp³-hybridized carbons (Fsp3) is 0.500. The normalized spacial score (nSPS) is 14.8. The predicted octanol–water partition coefficient (Wildman–Crippen LogP) is 2.02. The second-order valence-electron chi connectivity index (χ2n) is 4.58. The summed E-state index contributed by atoms with van der Waals surface area (Å²) in [6, 6.07) is 7.02. The van der Waals surface area contributed by atoms with E-state index in [2.05, 4.69) is 0 Å². The minimum Gasteiger partial charge on any atom is -0.389 e. The first kappa shape index (κ1) is 13.2. The van der Waals surface area contributed by atoms with E-state index in [0.29, 0.717) is 0 Å². The van der Waals surface area contributed by atoms with E-state index in [1.807, 2.05) is 0 Å². The number of aliphatic hydroxyl groups is 1. The topological polar surface area (TPSA) is 54.4 Å². The summed E-state index contributed by atoms with van der Waals surface area (Å²) in [5, 5.41) is 9.36. The largest absolute Gasteiger partial charge is 0.389 e. The van der Waals surface area contributed by atoms with Crippen LogP contribution in [0.5, 0.6) is 0 Å². The van der Waals surface area contributed by atoms with E-state index in [0.717, 1.165) is 11.1 Å². The maximum absolute atomic E-state index is 11.6. The molecule has 90 valence electrons. The molecule has 1 aromatic carbocycles. The van der Waals surface area contributed by atoms with Crippen molar-refractivity contribution in [1.82, 2.24) is 0 Å². The molecule has 0 aliphatic heterocycles. The van der Waals surface area contributed by atoms with Crippen molar-refractivity contribution >= 4 is 9.84 Å². The Kier molecular flexibility index (Phi) is 3.45. The molecule has 1 rings (SSSR count). The third kappa shape index (κ3) is 2.44. The summed E-state index contributed by atoms with van der Waals surface area (Å²) in [7, 11) is -3.15. The summed E-state index contributed by atoms with van der Waals surface area (Å²) < 4.78 is 22.3. The van der Waals surface area contributed by atoms with E-state index < -0.39 is 20.7 Å². The SMILES string of the molecule is CC(O)c1ccc(C(C)(C)S(C)(=O)=O)cc1. The Labute approximate surface area is 97.0 Å². The molecule has 1 atom stereocenters. The van der Waals surface area contributed by atoms with Crippen LogP contribution < -0.4 is 0 Å².